The quantitative estimate of drug-likeness (QED) is 0.131. The fourth-order valence-electron chi connectivity index (χ4n) is 6.55. The molecule has 3 rings (SSSR count). The molecule has 2 saturated heterocycles. The molecule has 2 heterocycles. The molecule has 1 aliphatic carbocycles. The molecule has 4 atom stereocenters. The Balaban J connectivity index is 1.74. The molecule has 0 aromatic carbocycles. The van der Waals surface area contributed by atoms with Gasteiger partial charge in [-0.15, -0.1) is 6.58 Å². The first-order valence-electron chi connectivity index (χ1n) is 17.6. The topological polar surface area (TPSA) is 174 Å². The molecule has 13 nitrogen and oxygen atoms in total. The van der Waals surface area contributed by atoms with Crippen LogP contribution in [-0.4, -0.2) is 95.0 Å². The maximum atomic E-state index is 14.1. The van der Waals surface area contributed by atoms with Gasteiger partial charge in [-0.3, -0.25) is 33.7 Å². The summed E-state index contributed by atoms with van der Waals surface area (Å²) in [6.07, 6.45) is 6.06. The average Bonchev–Trinajstić information content (AvgIpc) is 3.45. The summed E-state index contributed by atoms with van der Waals surface area (Å²) < 4.78 is 0. The van der Waals surface area contributed by atoms with E-state index in [-0.39, 0.29) is 50.2 Å². The van der Waals surface area contributed by atoms with Crippen molar-refractivity contribution in [1.29, 1.82) is 0 Å². The molecule has 3 aliphatic rings. The molecule has 0 aromatic heterocycles. The highest BCUT2D eigenvalue weighted by Crippen LogP contribution is 2.33. The summed E-state index contributed by atoms with van der Waals surface area (Å²) in [5.74, 6) is -2.82. The van der Waals surface area contributed by atoms with Crippen LogP contribution in [-0.2, 0) is 28.8 Å². The fourth-order valence-corrected chi connectivity index (χ4v) is 6.55. The molecule has 7 amide bonds. The largest absolute Gasteiger partial charge is 0.346 e. The highest BCUT2D eigenvalue weighted by atomic mass is 16.2. The number of likely N-dealkylation sites (tertiary alicyclic amines) is 2. The van der Waals surface area contributed by atoms with Crippen LogP contribution in [0.1, 0.15) is 107 Å². The highest BCUT2D eigenvalue weighted by Gasteiger charge is 2.44. The summed E-state index contributed by atoms with van der Waals surface area (Å²) >= 11 is 0. The lowest BCUT2D eigenvalue weighted by atomic mass is 9.80. The Morgan fingerprint density at radius 2 is 1.51 bits per heavy atom. The van der Waals surface area contributed by atoms with E-state index in [4.69, 9.17) is 0 Å². The zero-order valence-corrected chi connectivity index (χ0v) is 30.7. The van der Waals surface area contributed by atoms with Crippen molar-refractivity contribution in [3.05, 3.63) is 12.7 Å². The lowest BCUT2D eigenvalue weighted by Gasteiger charge is -2.40. The number of urea groups is 1. The Hall–Kier alpha value is -3.77. The van der Waals surface area contributed by atoms with Crippen molar-refractivity contribution < 1.29 is 33.6 Å². The molecular formula is C36H58N6O7. The van der Waals surface area contributed by atoms with Crippen molar-refractivity contribution in [3.8, 4) is 0 Å². The first-order chi connectivity index (χ1) is 22.6. The number of nitrogens with one attached hydrogen (secondary N) is 4. The standard InChI is InChI=1S/C36H58N6O7/c1-10-16-37-31(47)28(45)23(18-22-13-11-14-22)38-30(46)24-15-12-17-41(24)32(48)29(35(5,6)7)40-33(49)39-25(34(2,3)4)21-42-26(43)19-36(8,9)20-27(42)44/h10,22-25,29H,1,11-21H2,2-9H3,(H,37,47)(H,38,46)(H2,39,40,49)/t23?,24-,25+,29+/m0/s1. The molecule has 3 fully saturated rings. The number of nitrogens with zero attached hydrogens (tertiary/aromatic N) is 2. The van der Waals surface area contributed by atoms with Crippen LogP contribution in [0.2, 0.25) is 0 Å². The smallest absolute Gasteiger partial charge is 0.315 e. The van der Waals surface area contributed by atoms with Gasteiger partial charge >= 0.3 is 6.03 Å². The number of ketones is 1. The van der Waals surface area contributed by atoms with Gasteiger partial charge in [-0.2, -0.15) is 0 Å². The van der Waals surface area contributed by atoms with E-state index >= 15 is 0 Å². The van der Waals surface area contributed by atoms with Crippen LogP contribution in [0.5, 0.6) is 0 Å². The van der Waals surface area contributed by atoms with Crippen molar-refractivity contribution in [3.63, 3.8) is 0 Å². The van der Waals surface area contributed by atoms with Gasteiger partial charge in [0.15, 0.2) is 0 Å². The lowest BCUT2D eigenvalue weighted by Crippen LogP contribution is -2.62. The monoisotopic (exact) mass is 686 g/mol. The first kappa shape index (κ1) is 39.7. The molecule has 49 heavy (non-hydrogen) atoms. The van der Waals surface area contributed by atoms with Crippen LogP contribution in [0.3, 0.4) is 0 Å². The number of carbonyl (C=O) groups excluding carboxylic acids is 7. The third-order valence-electron chi connectivity index (χ3n) is 9.86. The molecule has 13 heteroatoms. The number of rotatable bonds is 13. The Morgan fingerprint density at radius 3 is 2.02 bits per heavy atom. The Morgan fingerprint density at radius 1 is 0.898 bits per heavy atom. The predicted octanol–water partition coefficient (Wildman–Crippen LogP) is 2.83. The molecule has 274 valence electrons. The minimum absolute atomic E-state index is 0.000472. The summed E-state index contributed by atoms with van der Waals surface area (Å²) in [7, 11) is 0. The molecule has 1 unspecified atom stereocenters. The summed E-state index contributed by atoms with van der Waals surface area (Å²) in [5.41, 5.74) is -1.73. The molecule has 1 saturated carbocycles. The van der Waals surface area contributed by atoms with Gasteiger partial charge in [-0.1, -0.05) is 80.7 Å². The molecule has 0 bridgehead atoms. The first-order valence-corrected chi connectivity index (χ1v) is 17.6. The van der Waals surface area contributed by atoms with Crippen molar-refractivity contribution in [1.82, 2.24) is 31.1 Å². The maximum Gasteiger partial charge on any atom is 0.315 e. The van der Waals surface area contributed by atoms with E-state index in [2.05, 4.69) is 27.8 Å². The third-order valence-corrected chi connectivity index (χ3v) is 9.86. The van der Waals surface area contributed by atoms with E-state index in [0.717, 1.165) is 19.3 Å². The molecule has 0 radical (unpaired) electrons. The zero-order chi connectivity index (χ0) is 36.9. The van der Waals surface area contributed by atoms with E-state index in [9.17, 15) is 33.6 Å². The summed E-state index contributed by atoms with van der Waals surface area (Å²) in [6.45, 7) is 18.8. The van der Waals surface area contributed by atoms with Crippen molar-refractivity contribution in [2.45, 2.75) is 131 Å². The van der Waals surface area contributed by atoms with Crippen LogP contribution in [0, 0.1) is 22.2 Å². The minimum Gasteiger partial charge on any atom is -0.346 e. The lowest BCUT2D eigenvalue weighted by molar-refractivity contribution is -0.153. The van der Waals surface area contributed by atoms with Gasteiger partial charge < -0.3 is 26.2 Å². The maximum absolute atomic E-state index is 14.1. The second kappa shape index (κ2) is 15.8. The van der Waals surface area contributed by atoms with Crippen molar-refractivity contribution in [2.75, 3.05) is 19.6 Å². The molecular weight excluding hydrogens is 628 g/mol. The van der Waals surface area contributed by atoms with E-state index in [1.165, 1.54) is 15.9 Å². The third kappa shape index (κ3) is 10.6. The molecule has 4 N–H and O–H groups in total. The molecule has 2 aliphatic heterocycles. The number of carbonyl (C=O) groups is 7. The highest BCUT2D eigenvalue weighted by molar-refractivity contribution is 6.38. The van der Waals surface area contributed by atoms with Gasteiger partial charge in [0.1, 0.15) is 12.1 Å². The Kier molecular flexibility index (Phi) is 12.8. The van der Waals surface area contributed by atoms with E-state index in [1.54, 1.807) is 0 Å². The number of hydrogen-bond donors (Lipinski definition) is 4. The van der Waals surface area contributed by atoms with Crippen LogP contribution < -0.4 is 21.3 Å². The summed E-state index contributed by atoms with van der Waals surface area (Å²) in [4.78, 5) is 95.4. The van der Waals surface area contributed by atoms with Crippen LogP contribution in [0.15, 0.2) is 12.7 Å². The Bertz CT molecular complexity index is 1290. The van der Waals surface area contributed by atoms with Crippen molar-refractivity contribution in [2.24, 2.45) is 22.2 Å². The average molecular weight is 687 g/mol. The minimum atomic E-state index is -1.03. The Labute approximate surface area is 291 Å². The number of hydrogen-bond acceptors (Lipinski definition) is 7. The van der Waals surface area contributed by atoms with Crippen LogP contribution in [0.25, 0.3) is 0 Å². The van der Waals surface area contributed by atoms with Gasteiger partial charge in [-0.05, 0) is 41.4 Å². The summed E-state index contributed by atoms with van der Waals surface area (Å²) in [5, 5.41) is 11.0. The zero-order valence-electron chi connectivity index (χ0n) is 30.7. The molecule has 0 aromatic rings. The van der Waals surface area contributed by atoms with Gasteiger partial charge in [0, 0.05) is 32.5 Å². The predicted molar refractivity (Wildman–Crippen MR) is 185 cm³/mol. The van der Waals surface area contributed by atoms with Gasteiger partial charge in [-0.25, -0.2) is 4.79 Å². The SMILES string of the molecule is C=CCNC(=O)C(=O)C(CC1CCC1)NC(=O)[C@@H]1CCCN1C(=O)[C@@H](NC(=O)N[C@H](CN1C(=O)CC(C)(C)CC1=O)C(C)(C)C)C(C)(C)C. The second-order valence-electron chi connectivity index (χ2n) is 16.9. The van der Waals surface area contributed by atoms with Gasteiger partial charge in [0.2, 0.25) is 29.4 Å². The molecule has 0 spiro atoms. The van der Waals surface area contributed by atoms with E-state index in [0.29, 0.717) is 19.3 Å². The number of Topliss-reactive ketones (excluding diaryl/α,β-unsaturated/α-hetero) is 1. The van der Waals surface area contributed by atoms with Crippen LogP contribution >= 0.6 is 0 Å². The van der Waals surface area contributed by atoms with E-state index < -0.39 is 69.9 Å². The normalized spacial score (nSPS) is 21.6. The van der Waals surface area contributed by atoms with Crippen molar-refractivity contribution >= 4 is 41.4 Å². The van der Waals surface area contributed by atoms with Gasteiger partial charge in [0.05, 0.1) is 12.1 Å². The number of amides is 7. The fraction of sp³-hybridized carbons (Fsp3) is 0.750. The van der Waals surface area contributed by atoms with Gasteiger partial charge in [0.25, 0.3) is 5.91 Å². The second-order valence-corrected chi connectivity index (χ2v) is 16.9. The summed E-state index contributed by atoms with van der Waals surface area (Å²) in [6, 6.07) is -4.17. The van der Waals surface area contributed by atoms with Crippen LogP contribution in [0.4, 0.5) is 4.79 Å². The number of piperidine rings is 1. The number of imide groups is 1. The van der Waals surface area contributed by atoms with E-state index in [1.807, 2.05) is 55.4 Å².